The zero-order valence-corrected chi connectivity index (χ0v) is 7.73. The largest absolute Gasteiger partial charge is 0.487 e. The van der Waals surface area contributed by atoms with Crippen LogP contribution in [0, 0.1) is 12.3 Å². The smallest absolute Gasteiger partial charge is 0.131 e. The van der Waals surface area contributed by atoms with Crippen molar-refractivity contribution in [1.82, 2.24) is 5.43 Å². The number of rotatable bonds is 2. The van der Waals surface area contributed by atoms with E-state index in [0.717, 1.165) is 12.2 Å². The van der Waals surface area contributed by atoms with Crippen molar-refractivity contribution in [2.24, 2.45) is 5.84 Å². The molecule has 14 heavy (non-hydrogen) atoms. The van der Waals surface area contributed by atoms with Gasteiger partial charge in [0, 0.05) is 6.42 Å². The van der Waals surface area contributed by atoms with E-state index >= 15 is 0 Å². The number of benzene rings is 1. The van der Waals surface area contributed by atoms with E-state index in [9.17, 15) is 0 Å². The molecule has 0 saturated carbocycles. The standard InChI is InChI=1S/C11H12N2O/c1-2-9(13-12)11-7-8-5-3-4-6-10(8)14-11/h1,3-6,9,11,13H,7,12H2. The summed E-state index contributed by atoms with van der Waals surface area (Å²) in [4.78, 5) is 0. The van der Waals surface area contributed by atoms with Crippen LogP contribution in [0.4, 0.5) is 0 Å². The number of hydrogen-bond donors (Lipinski definition) is 2. The Balaban J connectivity index is 2.16. The number of ether oxygens (including phenoxy) is 1. The molecule has 3 nitrogen and oxygen atoms in total. The molecule has 0 spiro atoms. The maximum absolute atomic E-state index is 5.67. The first-order chi connectivity index (χ1) is 6.85. The zero-order chi connectivity index (χ0) is 9.97. The predicted octanol–water partition coefficient (Wildman–Crippen LogP) is 0.455. The molecular weight excluding hydrogens is 176 g/mol. The van der Waals surface area contributed by atoms with Gasteiger partial charge in [-0.05, 0) is 11.6 Å². The van der Waals surface area contributed by atoms with E-state index in [4.69, 9.17) is 17.0 Å². The van der Waals surface area contributed by atoms with E-state index < -0.39 is 0 Å². The highest BCUT2D eigenvalue weighted by Gasteiger charge is 2.28. The highest BCUT2D eigenvalue weighted by molar-refractivity contribution is 5.38. The van der Waals surface area contributed by atoms with Crippen LogP contribution < -0.4 is 16.0 Å². The van der Waals surface area contributed by atoms with Crippen molar-refractivity contribution < 1.29 is 4.74 Å². The molecule has 2 atom stereocenters. The summed E-state index contributed by atoms with van der Waals surface area (Å²) < 4.78 is 5.67. The molecule has 72 valence electrons. The van der Waals surface area contributed by atoms with E-state index in [1.165, 1.54) is 5.56 Å². The van der Waals surface area contributed by atoms with Crippen LogP contribution in [0.2, 0.25) is 0 Å². The summed E-state index contributed by atoms with van der Waals surface area (Å²) in [5.41, 5.74) is 3.76. The minimum atomic E-state index is -0.234. The van der Waals surface area contributed by atoms with Gasteiger partial charge < -0.3 is 4.74 Å². The third kappa shape index (κ3) is 1.46. The fourth-order valence-electron chi connectivity index (χ4n) is 1.66. The average molecular weight is 188 g/mol. The number of hydrogen-bond acceptors (Lipinski definition) is 3. The van der Waals surface area contributed by atoms with Gasteiger partial charge >= 0.3 is 0 Å². The van der Waals surface area contributed by atoms with E-state index in [1.807, 2.05) is 24.3 Å². The van der Waals surface area contributed by atoms with Gasteiger partial charge in [0.25, 0.3) is 0 Å². The molecule has 1 aliphatic rings. The number of hydrazine groups is 1. The molecular formula is C11H12N2O. The Bertz CT molecular complexity index is 345. The molecule has 2 unspecified atom stereocenters. The highest BCUT2D eigenvalue weighted by atomic mass is 16.5. The lowest BCUT2D eigenvalue weighted by Gasteiger charge is -2.16. The Kier molecular flexibility index (Phi) is 2.40. The number of nitrogens with one attached hydrogen (secondary N) is 1. The van der Waals surface area contributed by atoms with Crippen LogP contribution in [0.1, 0.15) is 5.56 Å². The summed E-state index contributed by atoms with van der Waals surface area (Å²) >= 11 is 0. The van der Waals surface area contributed by atoms with Crippen LogP contribution in [0.15, 0.2) is 24.3 Å². The van der Waals surface area contributed by atoms with Crippen molar-refractivity contribution >= 4 is 0 Å². The number of nitrogens with two attached hydrogens (primary N) is 1. The van der Waals surface area contributed by atoms with Gasteiger partial charge in [-0.1, -0.05) is 24.1 Å². The van der Waals surface area contributed by atoms with Gasteiger partial charge in [-0.3, -0.25) is 5.84 Å². The van der Waals surface area contributed by atoms with Crippen molar-refractivity contribution in [3.8, 4) is 18.1 Å². The second-order valence-corrected chi connectivity index (χ2v) is 3.28. The van der Waals surface area contributed by atoms with Gasteiger partial charge in [-0.25, -0.2) is 5.43 Å². The van der Waals surface area contributed by atoms with Crippen molar-refractivity contribution in [2.45, 2.75) is 18.6 Å². The Morgan fingerprint density at radius 3 is 3.00 bits per heavy atom. The Labute approximate surface area is 83.2 Å². The number of fused-ring (bicyclic) bond motifs is 1. The summed E-state index contributed by atoms with van der Waals surface area (Å²) in [7, 11) is 0. The first kappa shape index (κ1) is 9.07. The van der Waals surface area contributed by atoms with Crippen molar-refractivity contribution in [3.63, 3.8) is 0 Å². The van der Waals surface area contributed by atoms with Crippen molar-refractivity contribution in [3.05, 3.63) is 29.8 Å². The number of terminal acetylenes is 1. The van der Waals surface area contributed by atoms with Gasteiger partial charge in [0.05, 0.1) is 0 Å². The minimum Gasteiger partial charge on any atom is -0.487 e. The molecule has 1 aromatic carbocycles. The summed E-state index contributed by atoms with van der Waals surface area (Å²) in [5, 5.41) is 0. The van der Waals surface area contributed by atoms with E-state index in [1.54, 1.807) is 0 Å². The summed E-state index contributed by atoms with van der Waals surface area (Å²) in [6.45, 7) is 0. The molecule has 1 aliphatic heterocycles. The minimum absolute atomic E-state index is 0.0533. The second-order valence-electron chi connectivity index (χ2n) is 3.28. The van der Waals surface area contributed by atoms with Crippen molar-refractivity contribution in [1.29, 1.82) is 0 Å². The zero-order valence-electron chi connectivity index (χ0n) is 7.73. The second kappa shape index (κ2) is 3.70. The molecule has 0 aliphatic carbocycles. The molecule has 3 heteroatoms. The van der Waals surface area contributed by atoms with Gasteiger partial charge in [0.15, 0.2) is 0 Å². The summed E-state index contributed by atoms with van der Waals surface area (Å²) in [6, 6.07) is 7.69. The molecule has 0 radical (unpaired) electrons. The lowest BCUT2D eigenvalue weighted by molar-refractivity contribution is 0.203. The predicted molar refractivity (Wildman–Crippen MR) is 54.5 cm³/mol. The van der Waals surface area contributed by atoms with Crippen LogP contribution in [-0.2, 0) is 6.42 Å². The fraction of sp³-hybridized carbons (Fsp3) is 0.273. The molecule has 0 bridgehead atoms. The fourth-order valence-corrected chi connectivity index (χ4v) is 1.66. The van der Waals surface area contributed by atoms with Gasteiger partial charge in [0.2, 0.25) is 0 Å². The third-order valence-corrected chi connectivity index (χ3v) is 2.40. The molecule has 3 N–H and O–H groups in total. The lowest BCUT2D eigenvalue weighted by atomic mass is 10.1. The van der Waals surface area contributed by atoms with Gasteiger partial charge in [0.1, 0.15) is 17.9 Å². The normalized spacial score (nSPS) is 20.7. The molecule has 0 aromatic heterocycles. The highest BCUT2D eigenvalue weighted by Crippen LogP contribution is 2.29. The summed E-state index contributed by atoms with van der Waals surface area (Å²) in [5.74, 6) is 8.80. The summed E-state index contributed by atoms with van der Waals surface area (Å²) in [6.07, 6.45) is 6.09. The maximum atomic E-state index is 5.67. The first-order valence-electron chi connectivity index (χ1n) is 4.52. The number of para-hydroxylation sites is 1. The third-order valence-electron chi connectivity index (χ3n) is 2.40. The lowest BCUT2D eigenvalue weighted by Crippen LogP contribution is -2.45. The molecule has 1 heterocycles. The topological polar surface area (TPSA) is 47.3 Å². The van der Waals surface area contributed by atoms with E-state index in [-0.39, 0.29) is 12.1 Å². The van der Waals surface area contributed by atoms with Crippen LogP contribution in [0.3, 0.4) is 0 Å². The Hall–Kier alpha value is -1.50. The molecule has 0 saturated heterocycles. The van der Waals surface area contributed by atoms with Gasteiger partial charge in [-0.2, -0.15) is 0 Å². The van der Waals surface area contributed by atoms with Crippen LogP contribution >= 0.6 is 0 Å². The van der Waals surface area contributed by atoms with Crippen LogP contribution in [-0.4, -0.2) is 12.1 Å². The average Bonchev–Trinajstić information content (AvgIpc) is 2.63. The van der Waals surface area contributed by atoms with Crippen molar-refractivity contribution in [2.75, 3.05) is 0 Å². The molecule has 0 amide bonds. The van der Waals surface area contributed by atoms with Gasteiger partial charge in [-0.15, -0.1) is 6.42 Å². The molecule has 2 rings (SSSR count). The first-order valence-corrected chi connectivity index (χ1v) is 4.52. The molecule has 0 fully saturated rings. The Morgan fingerprint density at radius 2 is 2.36 bits per heavy atom. The van der Waals surface area contributed by atoms with E-state index in [0.29, 0.717) is 0 Å². The SMILES string of the molecule is C#CC(NN)C1Cc2ccccc2O1. The molecule has 1 aromatic rings. The Morgan fingerprint density at radius 1 is 1.57 bits per heavy atom. The monoisotopic (exact) mass is 188 g/mol. The maximum Gasteiger partial charge on any atom is 0.131 e. The quantitative estimate of drug-likeness (QED) is 0.402. The van der Waals surface area contributed by atoms with E-state index in [2.05, 4.69) is 11.3 Å². The van der Waals surface area contributed by atoms with Crippen LogP contribution in [0.5, 0.6) is 5.75 Å². The van der Waals surface area contributed by atoms with Crippen LogP contribution in [0.25, 0.3) is 0 Å².